The summed E-state index contributed by atoms with van der Waals surface area (Å²) in [4.78, 5) is 12.7. The Hall–Kier alpha value is -0.960. The number of hydrogen-bond donors (Lipinski definition) is 1. The molecule has 1 aromatic rings. The van der Waals surface area contributed by atoms with Crippen LogP contribution in [-0.2, 0) is 19.6 Å². The third kappa shape index (κ3) is 4.61. The molecule has 1 aromatic carbocycles. The van der Waals surface area contributed by atoms with Crippen LogP contribution >= 0.6 is 15.9 Å². The van der Waals surface area contributed by atoms with Gasteiger partial charge in [0.2, 0.25) is 15.9 Å². The van der Waals surface area contributed by atoms with Crippen molar-refractivity contribution in [3.05, 3.63) is 28.7 Å². The van der Waals surface area contributed by atoms with Crippen molar-refractivity contribution in [2.24, 2.45) is 5.92 Å². The zero-order valence-electron chi connectivity index (χ0n) is 14.0. The highest BCUT2D eigenvalue weighted by Gasteiger charge is 2.33. The molecule has 6 nitrogen and oxygen atoms in total. The molecule has 1 amide bonds. The van der Waals surface area contributed by atoms with E-state index in [0.717, 1.165) is 23.9 Å². The van der Waals surface area contributed by atoms with Crippen molar-refractivity contribution in [1.82, 2.24) is 9.62 Å². The minimum absolute atomic E-state index is 0.0776. The Labute approximate surface area is 157 Å². The van der Waals surface area contributed by atoms with Crippen LogP contribution in [0.3, 0.4) is 0 Å². The zero-order valence-corrected chi connectivity index (χ0v) is 16.4. The van der Waals surface area contributed by atoms with Crippen LogP contribution in [0, 0.1) is 5.92 Å². The Morgan fingerprint density at radius 3 is 2.68 bits per heavy atom. The van der Waals surface area contributed by atoms with Crippen molar-refractivity contribution < 1.29 is 17.9 Å². The largest absolute Gasteiger partial charge is 0.376 e. The van der Waals surface area contributed by atoms with Crippen molar-refractivity contribution in [3.63, 3.8) is 0 Å². The van der Waals surface area contributed by atoms with Crippen LogP contribution in [0.2, 0.25) is 0 Å². The number of halogens is 1. The second-order valence-electron chi connectivity index (χ2n) is 6.54. The van der Waals surface area contributed by atoms with E-state index in [1.165, 1.54) is 4.31 Å². The predicted molar refractivity (Wildman–Crippen MR) is 97.6 cm³/mol. The number of carbonyl (C=O) groups is 1. The van der Waals surface area contributed by atoms with Gasteiger partial charge in [-0.1, -0.05) is 15.9 Å². The first-order valence-electron chi connectivity index (χ1n) is 8.62. The molecule has 3 rings (SSSR count). The van der Waals surface area contributed by atoms with Gasteiger partial charge < -0.3 is 10.1 Å². The van der Waals surface area contributed by atoms with Gasteiger partial charge in [0.1, 0.15) is 0 Å². The average Bonchev–Trinajstić information content (AvgIpc) is 3.14. The lowest BCUT2D eigenvalue weighted by atomic mass is 9.99. The summed E-state index contributed by atoms with van der Waals surface area (Å²) in [5.74, 6) is -0.383. The molecule has 0 bridgehead atoms. The lowest BCUT2D eigenvalue weighted by molar-refractivity contribution is -0.126. The lowest BCUT2D eigenvalue weighted by Gasteiger charge is -2.31. The summed E-state index contributed by atoms with van der Waals surface area (Å²) < 4.78 is 33.4. The van der Waals surface area contributed by atoms with Crippen LogP contribution in [0.5, 0.6) is 0 Å². The standard InChI is InChI=1S/C17H23BrN2O4S/c18-14-5-7-16(8-6-14)25(22,23)20-9-1-3-13(12-20)17(21)19-11-15-4-2-10-24-15/h5-8,13,15H,1-4,9-12H2,(H,19,21)/t13-,15+/m1/s1. The third-order valence-corrected chi connectivity index (χ3v) is 7.14. The number of benzene rings is 1. The molecule has 2 fully saturated rings. The molecule has 2 aliphatic heterocycles. The fraction of sp³-hybridized carbons (Fsp3) is 0.588. The molecule has 0 aromatic heterocycles. The number of hydrogen-bond acceptors (Lipinski definition) is 4. The van der Waals surface area contributed by atoms with E-state index in [0.29, 0.717) is 25.9 Å². The van der Waals surface area contributed by atoms with Crippen molar-refractivity contribution in [2.75, 3.05) is 26.2 Å². The average molecular weight is 431 g/mol. The molecule has 0 saturated carbocycles. The smallest absolute Gasteiger partial charge is 0.243 e. The van der Waals surface area contributed by atoms with Crippen LogP contribution < -0.4 is 5.32 Å². The highest BCUT2D eigenvalue weighted by atomic mass is 79.9. The number of amides is 1. The first-order chi connectivity index (χ1) is 12.0. The van der Waals surface area contributed by atoms with Crippen molar-refractivity contribution in [2.45, 2.75) is 36.7 Å². The maximum absolute atomic E-state index is 12.8. The number of nitrogens with zero attached hydrogens (tertiary/aromatic N) is 1. The first-order valence-corrected chi connectivity index (χ1v) is 10.8. The minimum atomic E-state index is -3.57. The van der Waals surface area contributed by atoms with Crippen molar-refractivity contribution in [1.29, 1.82) is 0 Å². The summed E-state index contributed by atoms with van der Waals surface area (Å²) in [7, 11) is -3.57. The number of carbonyl (C=O) groups excluding carboxylic acids is 1. The van der Waals surface area contributed by atoms with Gasteiger partial charge in [-0.2, -0.15) is 4.31 Å². The topological polar surface area (TPSA) is 75.7 Å². The fourth-order valence-electron chi connectivity index (χ4n) is 3.29. The van der Waals surface area contributed by atoms with Gasteiger partial charge in [-0.15, -0.1) is 0 Å². The van der Waals surface area contributed by atoms with E-state index in [1.54, 1.807) is 24.3 Å². The van der Waals surface area contributed by atoms with Gasteiger partial charge in [0.15, 0.2) is 0 Å². The molecule has 2 aliphatic rings. The van der Waals surface area contributed by atoms with Gasteiger partial charge in [0.05, 0.1) is 16.9 Å². The van der Waals surface area contributed by atoms with E-state index >= 15 is 0 Å². The fourth-order valence-corrected chi connectivity index (χ4v) is 5.08. The maximum atomic E-state index is 12.8. The van der Waals surface area contributed by atoms with Crippen LogP contribution in [0.25, 0.3) is 0 Å². The third-order valence-electron chi connectivity index (χ3n) is 4.73. The molecule has 2 atom stereocenters. The molecular formula is C17H23BrN2O4S. The predicted octanol–water partition coefficient (Wildman–Crippen LogP) is 2.14. The van der Waals surface area contributed by atoms with Gasteiger partial charge >= 0.3 is 0 Å². The van der Waals surface area contributed by atoms with Gasteiger partial charge in [0.25, 0.3) is 0 Å². The molecule has 1 N–H and O–H groups in total. The van der Waals surface area contributed by atoms with Gasteiger partial charge in [0, 0.05) is 30.7 Å². The quantitative estimate of drug-likeness (QED) is 0.776. The highest BCUT2D eigenvalue weighted by Crippen LogP contribution is 2.25. The molecule has 0 radical (unpaired) electrons. The summed E-state index contributed by atoms with van der Waals surface area (Å²) >= 11 is 3.31. The minimum Gasteiger partial charge on any atom is -0.376 e. The van der Waals surface area contributed by atoms with E-state index in [1.807, 2.05) is 0 Å². The van der Waals surface area contributed by atoms with Gasteiger partial charge in [-0.25, -0.2) is 8.42 Å². The molecule has 2 heterocycles. The highest BCUT2D eigenvalue weighted by molar-refractivity contribution is 9.10. The first kappa shape index (κ1) is 18.8. The molecule has 138 valence electrons. The number of nitrogens with one attached hydrogen (secondary N) is 1. The second-order valence-corrected chi connectivity index (χ2v) is 9.39. The molecular weight excluding hydrogens is 408 g/mol. The summed E-state index contributed by atoms with van der Waals surface area (Å²) in [5, 5.41) is 2.92. The molecule has 25 heavy (non-hydrogen) atoms. The lowest BCUT2D eigenvalue weighted by Crippen LogP contribution is -2.46. The van der Waals surface area contributed by atoms with E-state index in [-0.39, 0.29) is 29.4 Å². The van der Waals surface area contributed by atoms with E-state index in [4.69, 9.17) is 4.74 Å². The van der Waals surface area contributed by atoms with Gasteiger partial charge in [-0.3, -0.25) is 4.79 Å². The second kappa shape index (κ2) is 8.16. The number of sulfonamides is 1. The molecule has 8 heteroatoms. The summed E-state index contributed by atoms with van der Waals surface area (Å²) in [6.07, 6.45) is 3.49. The summed E-state index contributed by atoms with van der Waals surface area (Å²) in [6, 6.07) is 6.59. The summed E-state index contributed by atoms with van der Waals surface area (Å²) in [5.41, 5.74) is 0. The molecule has 0 spiro atoms. The van der Waals surface area contributed by atoms with Crippen LogP contribution in [0.15, 0.2) is 33.6 Å². The van der Waals surface area contributed by atoms with Crippen molar-refractivity contribution in [3.8, 4) is 0 Å². The molecule has 2 saturated heterocycles. The van der Waals surface area contributed by atoms with E-state index in [2.05, 4.69) is 21.2 Å². The molecule has 0 unspecified atom stereocenters. The van der Waals surface area contributed by atoms with Crippen LogP contribution in [0.4, 0.5) is 0 Å². The SMILES string of the molecule is O=C(NC[C@@H]1CCCO1)[C@@H]1CCCN(S(=O)(=O)c2ccc(Br)cc2)C1. The van der Waals surface area contributed by atoms with E-state index in [9.17, 15) is 13.2 Å². The number of ether oxygens (including phenoxy) is 1. The van der Waals surface area contributed by atoms with Crippen LogP contribution in [0.1, 0.15) is 25.7 Å². The maximum Gasteiger partial charge on any atom is 0.243 e. The Morgan fingerprint density at radius 2 is 2.00 bits per heavy atom. The Balaban J connectivity index is 1.61. The van der Waals surface area contributed by atoms with Gasteiger partial charge in [-0.05, 0) is 49.9 Å². The monoisotopic (exact) mass is 430 g/mol. The zero-order chi connectivity index (χ0) is 17.9. The molecule has 0 aliphatic carbocycles. The Morgan fingerprint density at radius 1 is 1.24 bits per heavy atom. The summed E-state index contributed by atoms with van der Waals surface area (Å²) in [6.45, 7) is 1.95. The number of rotatable bonds is 5. The Bertz CT molecular complexity index is 702. The van der Waals surface area contributed by atoms with Crippen LogP contribution in [-0.4, -0.2) is 51.0 Å². The van der Waals surface area contributed by atoms with E-state index < -0.39 is 10.0 Å². The van der Waals surface area contributed by atoms with Crippen molar-refractivity contribution >= 4 is 31.9 Å². The normalized spacial score (nSPS) is 25.0. The number of piperidine rings is 1. The Kier molecular flexibility index (Phi) is 6.14.